The van der Waals surface area contributed by atoms with Crippen LogP contribution in [0.3, 0.4) is 0 Å². The van der Waals surface area contributed by atoms with Crippen LogP contribution in [0.5, 0.6) is 5.75 Å². The standard InChI is InChI=1S/C21H25FN2O/c1-3-23(4-2)13-5-15-25-20-10-11-21-17(16-20)12-14-24(21)19-8-6-18(22)7-9-19/h6-12,14,16H,3-5,13,15H2,1-2H3. The molecule has 1 heterocycles. The third kappa shape index (κ3) is 4.20. The van der Waals surface area contributed by atoms with Crippen LogP contribution >= 0.6 is 0 Å². The van der Waals surface area contributed by atoms with Gasteiger partial charge in [0.25, 0.3) is 0 Å². The summed E-state index contributed by atoms with van der Waals surface area (Å²) in [6.45, 7) is 8.32. The van der Waals surface area contributed by atoms with Gasteiger partial charge in [0.2, 0.25) is 0 Å². The normalized spacial score (nSPS) is 11.4. The van der Waals surface area contributed by atoms with Crippen LogP contribution < -0.4 is 4.74 Å². The third-order valence-corrected chi connectivity index (χ3v) is 4.55. The summed E-state index contributed by atoms with van der Waals surface area (Å²) in [7, 11) is 0. The second-order valence-electron chi connectivity index (χ2n) is 6.11. The molecule has 0 N–H and O–H groups in total. The molecule has 3 nitrogen and oxygen atoms in total. The van der Waals surface area contributed by atoms with E-state index in [-0.39, 0.29) is 5.82 Å². The van der Waals surface area contributed by atoms with E-state index in [4.69, 9.17) is 4.74 Å². The number of hydrogen-bond acceptors (Lipinski definition) is 2. The van der Waals surface area contributed by atoms with Gasteiger partial charge >= 0.3 is 0 Å². The summed E-state index contributed by atoms with van der Waals surface area (Å²) in [5.74, 6) is 0.671. The summed E-state index contributed by atoms with van der Waals surface area (Å²) in [4.78, 5) is 2.40. The number of nitrogens with zero attached hydrogens (tertiary/aromatic N) is 2. The molecule has 0 aliphatic carbocycles. The second kappa shape index (κ2) is 8.17. The van der Waals surface area contributed by atoms with E-state index in [1.54, 1.807) is 12.1 Å². The molecular weight excluding hydrogens is 315 g/mol. The van der Waals surface area contributed by atoms with Gasteiger partial charge in [0.05, 0.1) is 12.1 Å². The highest BCUT2D eigenvalue weighted by molar-refractivity contribution is 5.83. The lowest BCUT2D eigenvalue weighted by molar-refractivity contribution is 0.249. The van der Waals surface area contributed by atoms with E-state index in [1.165, 1.54) is 12.1 Å². The van der Waals surface area contributed by atoms with Gasteiger partial charge < -0.3 is 14.2 Å². The van der Waals surface area contributed by atoms with Gasteiger partial charge in [0, 0.05) is 23.8 Å². The lowest BCUT2D eigenvalue weighted by Gasteiger charge is -2.17. The van der Waals surface area contributed by atoms with Crippen molar-refractivity contribution < 1.29 is 9.13 Å². The molecule has 0 spiro atoms. The Labute approximate surface area is 148 Å². The van der Waals surface area contributed by atoms with E-state index >= 15 is 0 Å². The summed E-state index contributed by atoms with van der Waals surface area (Å²) in [5, 5.41) is 1.12. The number of aromatic nitrogens is 1. The first-order valence-electron chi connectivity index (χ1n) is 8.93. The zero-order chi connectivity index (χ0) is 17.6. The maximum absolute atomic E-state index is 13.1. The number of fused-ring (bicyclic) bond motifs is 1. The first kappa shape index (κ1) is 17.5. The van der Waals surface area contributed by atoms with Crippen molar-refractivity contribution in [3.63, 3.8) is 0 Å². The quantitative estimate of drug-likeness (QED) is 0.544. The Morgan fingerprint density at radius 2 is 1.76 bits per heavy atom. The van der Waals surface area contributed by atoms with E-state index in [0.29, 0.717) is 0 Å². The molecule has 0 atom stereocenters. The van der Waals surface area contributed by atoms with Gasteiger partial charge in [-0.25, -0.2) is 4.39 Å². The van der Waals surface area contributed by atoms with E-state index in [1.807, 2.05) is 12.3 Å². The molecule has 0 aliphatic heterocycles. The minimum Gasteiger partial charge on any atom is -0.494 e. The van der Waals surface area contributed by atoms with Crippen LogP contribution in [0.1, 0.15) is 20.3 Å². The van der Waals surface area contributed by atoms with E-state index < -0.39 is 0 Å². The van der Waals surface area contributed by atoms with Crippen LogP contribution in [0.15, 0.2) is 54.7 Å². The predicted octanol–water partition coefficient (Wildman–Crippen LogP) is 4.88. The number of halogens is 1. The molecule has 2 aromatic carbocycles. The summed E-state index contributed by atoms with van der Waals surface area (Å²) < 4.78 is 21.1. The van der Waals surface area contributed by atoms with Crippen LogP contribution in [-0.4, -0.2) is 35.7 Å². The molecule has 132 valence electrons. The molecule has 0 saturated carbocycles. The molecule has 0 saturated heterocycles. The van der Waals surface area contributed by atoms with Gasteiger partial charge in [-0.1, -0.05) is 13.8 Å². The van der Waals surface area contributed by atoms with Gasteiger partial charge in [0.1, 0.15) is 11.6 Å². The fourth-order valence-electron chi connectivity index (χ4n) is 3.06. The zero-order valence-electron chi connectivity index (χ0n) is 14.9. The van der Waals surface area contributed by atoms with Crippen molar-refractivity contribution in [1.29, 1.82) is 0 Å². The van der Waals surface area contributed by atoms with Gasteiger partial charge in [0.15, 0.2) is 0 Å². The zero-order valence-corrected chi connectivity index (χ0v) is 14.9. The molecule has 0 aliphatic rings. The average molecular weight is 340 g/mol. The van der Waals surface area contributed by atoms with Crippen molar-refractivity contribution in [2.24, 2.45) is 0 Å². The monoisotopic (exact) mass is 340 g/mol. The Bertz CT molecular complexity index is 806. The molecule has 25 heavy (non-hydrogen) atoms. The maximum atomic E-state index is 13.1. The van der Waals surface area contributed by atoms with Crippen LogP contribution in [0.4, 0.5) is 4.39 Å². The lowest BCUT2D eigenvalue weighted by atomic mass is 10.2. The largest absolute Gasteiger partial charge is 0.494 e. The average Bonchev–Trinajstić information content (AvgIpc) is 3.06. The van der Waals surface area contributed by atoms with Crippen molar-refractivity contribution in [2.45, 2.75) is 20.3 Å². The Morgan fingerprint density at radius 1 is 1.00 bits per heavy atom. The first-order chi connectivity index (χ1) is 12.2. The van der Waals surface area contributed by atoms with E-state index in [2.05, 4.69) is 41.5 Å². The van der Waals surface area contributed by atoms with Crippen LogP contribution in [0, 0.1) is 5.82 Å². The summed E-state index contributed by atoms with van der Waals surface area (Å²) in [6, 6.07) is 14.7. The molecule has 0 amide bonds. The lowest BCUT2D eigenvalue weighted by Crippen LogP contribution is -2.25. The second-order valence-corrected chi connectivity index (χ2v) is 6.11. The summed E-state index contributed by atoms with van der Waals surface area (Å²) in [6.07, 6.45) is 3.03. The minimum atomic E-state index is -0.222. The Balaban J connectivity index is 1.66. The molecule has 0 radical (unpaired) electrons. The number of rotatable bonds is 8. The Kier molecular flexibility index (Phi) is 5.71. The summed E-state index contributed by atoms with van der Waals surface area (Å²) in [5.41, 5.74) is 2.03. The topological polar surface area (TPSA) is 17.4 Å². The Morgan fingerprint density at radius 3 is 2.48 bits per heavy atom. The van der Waals surface area contributed by atoms with Crippen molar-refractivity contribution in [3.8, 4) is 11.4 Å². The fourth-order valence-corrected chi connectivity index (χ4v) is 3.06. The molecular formula is C21H25FN2O. The molecule has 1 aromatic heterocycles. The minimum absolute atomic E-state index is 0.222. The smallest absolute Gasteiger partial charge is 0.123 e. The first-order valence-corrected chi connectivity index (χ1v) is 8.93. The predicted molar refractivity (Wildman–Crippen MR) is 101 cm³/mol. The number of hydrogen-bond donors (Lipinski definition) is 0. The molecule has 0 bridgehead atoms. The van der Waals surface area contributed by atoms with Crippen molar-refractivity contribution in [2.75, 3.05) is 26.2 Å². The molecule has 3 aromatic rings. The maximum Gasteiger partial charge on any atom is 0.123 e. The van der Waals surface area contributed by atoms with Crippen LogP contribution in [0.25, 0.3) is 16.6 Å². The SMILES string of the molecule is CCN(CC)CCCOc1ccc2c(ccn2-c2ccc(F)cc2)c1. The highest BCUT2D eigenvalue weighted by Crippen LogP contribution is 2.25. The van der Waals surface area contributed by atoms with E-state index in [0.717, 1.165) is 55.0 Å². The highest BCUT2D eigenvalue weighted by atomic mass is 19.1. The van der Waals surface area contributed by atoms with Crippen molar-refractivity contribution in [1.82, 2.24) is 9.47 Å². The Hall–Kier alpha value is -2.33. The van der Waals surface area contributed by atoms with E-state index in [9.17, 15) is 4.39 Å². The fraction of sp³-hybridized carbons (Fsp3) is 0.333. The van der Waals surface area contributed by atoms with Gasteiger partial charge in [-0.15, -0.1) is 0 Å². The molecule has 3 rings (SSSR count). The molecule has 0 unspecified atom stereocenters. The van der Waals surface area contributed by atoms with Crippen molar-refractivity contribution in [3.05, 3.63) is 60.5 Å². The van der Waals surface area contributed by atoms with Crippen molar-refractivity contribution >= 4 is 10.9 Å². The van der Waals surface area contributed by atoms with Crippen LogP contribution in [0.2, 0.25) is 0 Å². The van der Waals surface area contributed by atoms with Gasteiger partial charge in [-0.2, -0.15) is 0 Å². The highest BCUT2D eigenvalue weighted by Gasteiger charge is 2.05. The van der Waals surface area contributed by atoms with Gasteiger partial charge in [-0.3, -0.25) is 0 Å². The molecule has 0 fully saturated rings. The van der Waals surface area contributed by atoms with Gasteiger partial charge in [-0.05, 0) is 68.0 Å². The number of ether oxygens (including phenoxy) is 1. The third-order valence-electron chi connectivity index (χ3n) is 4.55. The molecule has 4 heteroatoms. The number of benzene rings is 2. The van der Waals surface area contributed by atoms with Crippen LogP contribution in [-0.2, 0) is 0 Å². The summed E-state index contributed by atoms with van der Waals surface area (Å²) >= 11 is 0.